The maximum Gasteiger partial charge on any atom is 0.148 e. The van der Waals surface area contributed by atoms with Crippen LogP contribution < -0.4 is 10.5 Å². The standard InChI is InChI=1S/C15H21Br2NO/c1-2-10-3-5-12(6-4-10)19-15-13(16)7-11(9-18)8-14(15)17/h7-8,10,12H,2-6,9,18H2,1H3. The first-order valence-corrected chi connectivity index (χ1v) is 8.57. The number of nitrogens with two attached hydrogens (primary N) is 1. The van der Waals surface area contributed by atoms with E-state index in [0.29, 0.717) is 12.6 Å². The second-order valence-corrected chi connectivity index (χ2v) is 6.97. The Labute approximate surface area is 132 Å². The van der Waals surface area contributed by atoms with Crippen LogP contribution in [0.3, 0.4) is 0 Å². The van der Waals surface area contributed by atoms with E-state index in [9.17, 15) is 0 Å². The fraction of sp³-hybridized carbons (Fsp3) is 0.600. The van der Waals surface area contributed by atoms with Gasteiger partial charge < -0.3 is 10.5 Å². The minimum atomic E-state index is 0.346. The second kappa shape index (κ2) is 7.09. The van der Waals surface area contributed by atoms with E-state index in [2.05, 4.69) is 38.8 Å². The van der Waals surface area contributed by atoms with Gasteiger partial charge in [-0.3, -0.25) is 0 Å². The van der Waals surface area contributed by atoms with E-state index in [1.807, 2.05) is 12.1 Å². The summed E-state index contributed by atoms with van der Waals surface area (Å²) in [5.41, 5.74) is 6.77. The summed E-state index contributed by atoms with van der Waals surface area (Å²) in [6.45, 7) is 2.82. The van der Waals surface area contributed by atoms with E-state index in [0.717, 1.165) is 39.0 Å². The lowest BCUT2D eigenvalue weighted by atomic mass is 9.86. The Morgan fingerprint density at radius 2 is 1.74 bits per heavy atom. The molecule has 106 valence electrons. The molecule has 1 aliphatic carbocycles. The van der Waals surface area contributed by atoms with Crippen LogP contribution in [-0.4, -0.2) is 6.10 Å². The number of rotatable bonds is 4. The Balaban J connectivity index is 2.03. The van der Waals surface area contributed by atoms with E-state index in [1.165, 1.54) is 19.3 Å². The smallest absolute Gasteiger partial charge is 0.148 e. The summed E-state index contributed by atoms with van der Waals surface area (Å²) in [5, 5.41) is 0. The van der Waals surface area contributed by atoms with Crippen molar-refractivity contribution >= 4 is 31.9 Å². The summed E-state index contributed by atoms with van der Waals surface area (Å²) in [4.78, 5) is 0. The SMILES string of the molecule is CCC1CCC(Oc2c(Br)cc(CN)cc2Br)CC1. The van der Waals surface area contributed by atoms with Crippen molar-refractivity contribution in [1.82, 2.24) is 0 Å². The summed E-state index contributed by atoms with van der Waals surface area (Å²) >= 11 is 7.16. The average molecular weight is 391 g/mol. The maximum absolute atomic E-state index is 6.17. The highest BCUT2D eigenvalue weighted by atomic mass is 79.9. The van der Waals surface area contributed by atoms with Crippen LogP contribution in [0.5, 0.6) is 5.75 Å². The van der Waals surface area contributed by atoms with Crippen LogP contribution in [0, 0.1) is 5.92 Å². The van der Waals surface area contributed by atoms with Crippen molar-refractivity contribution in [3.8, 4) is 5.75 Å². The Bertz CT molecular complexity index is 405. The zero-order chi connectivity index (χ0) is 13.8. The molecule has 2 nitrogen and oxygen atoms in total. The quantitative estimate of drug-likeness (QED) is 0.783. The van der Waals surface area contributed by atoms with Crippen molar-refractivity contribution in [3.05, 3.63) is 26.6 Å². The van der Waals surface area contributed by atoms with Crippen LogP contribution in [0.4, 0.5) is 0 Å². The molecule has 1 saturated carbocycles. The number of halogens is 2. The molecule has 0 heterocycles. The number of hydrogen-bond acceptors (Lipinski definition) is 2. The molecular formula is C15H21Br2NO. The van der Waals surface area contributed by atoms with Crippen LogP contribution in [-0.2, 0) is 6.54 Å². The summed E-state index contributed by atoms with van der Waals surface area (Å²) in [6.07, 6.45) is 6.55. The van der Waals surface area contributed by atoms with Crippen molar-refractivity contribution in [1.29, 1.82) is 0 Å². The lowest BCUT2D eigenvalue weighted by molar-refractivity contribution is 0.128. The maximum atomic E-state index is 6.17. The number of hydrogen-bond donors (Lipinski definition) is 1. The van der Waals surface area contributed by atoms with Crippen molar-refractivity contribution in [3.63, 3.8) is 0 Å². The monoisotopic (exact) mass is 389 g/mol. The largest absolute Gasteiger partial charge is 0.488 e. The third kappa shape index (κ3) is 3.96. The molecule has 0 radical (unpaired) electrons. The average Bonchev–Trinajstić information content (AvgIpc) is 2.43. The van der Waals surface area contributed by atoms with Gasteiger partial charge in [0.05, 0.1) is 15.0 Å². The van der Waals surface area contributed by atoms with Gasteiger partial charge >= 0.3 is 0 Å². The van der Waals surface area contributed by atoms with Crippen LogP contribution in [0.15, 0.2) is 21.1 Å². The normalized spacial score (nSPS) is 23.4. The van der Waals surface area contributed by atoms with Gasteiger partial charge in [0.2, 0.25) is 0 Å². The Hall–Kier alpha value is -0.0600. The minimum Gasteiger partial charge on any atom is -0.488 e. The molecule has 1 fully saturated rings. The van der Waals surface area contributed by atoms with Gasteiger partial charge in [0.15, 0.2) is 0 Å². The van der Waals surface area contributed by atoms with Gasteiger partial charge in [-0.15, -0.1) is 0 Å². The van der Waals surface area contributed by atoms with Crippen molar-refractivity contribution in [2.45, 2.75) is 51.7 Å². The molecule has 0 bridgehead atoms. The molecule has 0 spiro atoms. The Morgan fingerprint density at radius 3 is 2.21 bits per heavy atom. The molecule has 0 saturated heterocycles. The van der Waals surface area contributed by atoms with Gasteiger partial charge in [-0.1, -0.05) is 13.3 Å². The van der Waals surface area contributed by atoms with Crippen LogP contribution in [0.25, 0.3) is 0 Å². The predicted octanol–water partition coefficient (Wildman–Crippen LogP) is 5.02. The van der Waals surface area contributed by atoms with Gasteiger partial charge in [-0.05, 0) is 81.2 Å². The first kappa shape index (κ1) is 15.3. The molecule has 19 heavy (non-hydrogen) atoms. The first-order valence-electron chi connectivity index (χ1n) is 6.98. The van der Waals surface area contributed by atoms with Crippen LogP contribution in [0.1, 0.15) is 44.6 Å². The Kier molecular flexibility index (Phi) is 5.72. The van der Waals surface area contributed by atoms with E-state index >= 15 is 0 Å². The highest BCUT2D eigenvalue weighted by Crippen LogP contribution is 2.38. The lowest BCUT2D eigenvalue weighted by Gasteiger charge is -2.29. The topological polar surface area (TPSA) is 35.2 Å². The summed E-state index contributed by atoms with van der Waals surface area (Å²) in [6, 6.07) is 4.08. The molecule has 4 heteroatoms. The van der Waals surface area contributed by atoms with E-state index in [-0.39, 0.29) is 0 Å². The van der Waals surface area contributed by atoms with E-state index in [4.69, 9.17) is 10.5 Å². The third-order valence-corrected chi connectivity index (χ3v) is 5.13. The van der Waals surface area contributed by atoms with Crippen LogP contribution in [0.2, 0.25) is 0 Å². The molecule has 1 aliphatic rings. The fourth-order valence-corrected chi connectivity index (χ4v) is 4.14. The van der Waals surface area contributed by atoms with Crippen molar-refractivity contribution < 1.29 is 4.74 Å². The van der Waals surface area contributed by atoms with Gasteiger partial charge in [-0.25, -0.2) is 0 Å². The van der Waals surface area contributed by atoms with E-state index < -0.39 is 0 Å². The zero-order valence-corrected chi connectivity index (χ0v) is 14.5. The van der Waals surface area contributed by atoms with Crippen LogP contribution >= 0.6 is 31.9 Å². The molecule has 0 aromatic heterocycles. The molecule has 0 atom stereocenters. The van der Waals surface area contributed by atoms with Gasteiger partial charge in [-0.2, -0.15) is 0 Å². The second-order valence-electron chi connectivity index (χ2n) is 5.26. The third-order valence-electron chi connectivity index (χ3n) is 3.95. The van der Waals surface area contributed by atoms with Crippen molar-refractivity contribution in [2.75, 3.05) is 0 Å². The molecule has 1 aromatic carbocycles. The molecular weight excluding hydrogens is 370 g/mol. The molecule has 0 unspecified atom stereocenters. The summed E-state index contributed by atoms with van der Waals surface area (Å²) in [5.74, 6) is 1.81. The summed E-state index contributed by atoms with van der Waals surface area (Å²) < 4.78 is 8.15. The lowest BCUT2D eigenvalue weighted by Crippen LogP contribution is -2.24. The number of benzene rings is 1. The highest BCUT2D eigenvalue weighted by Gasteiger charge is 2.22. The fourth-order valence-electron chi connectivity index (χ4n) is 2.67. The molecule has 2 N–H and O–H groups in total. The molecule has 2 rings (SSSR count). The summed E-state index contributed by atoms with van der Waals surface area (Å²) in [7, 11) is 0. The van der Waals surface area contributed by atoms with Gasteiger partial charge in [0.1, 0.15) is 5.75 Å². The highest BCUT2D eigenvalue weighted by molar-refractivity contribution is 9.11. The predicted molar refractivity (Wildman–Crippen MR) is 86.4 cm³/mol. The van der Waals surface area contributed by atoms with Gasteiger partial charge in [0.25, 0.3) is 0 Å². The number of ether oxygens (including phenoxy) is 1. The van der Waals surface area contributed by atoms with Crippen molar-refractivity contribution in [2.24, 2.45) is 11.7 Å². The molecule has 0 amide bonds. The minimum absolute atomic E-state index is 0.346. The molecule has 1 aromatic rings. The van der Waals surface area contributed by atoms with E-state index in [1.54, 1.807) is 0 Å². The molecule has 0 aliphatic heterocycles. The Morgan fingerprint density at radius 1 is 1.16 bits per heavy atom. The first-order chi connectivity index (χ1) is 9.13. The van der Waals surface area contributed by atoms with Gasteiger partial charge in [0, 0.05) is 6.54 Å². The zero-order valence-electron chi connectivity index (χ0n) is 11.3.